The molecular weight excluding hydrogens is 289 g/mol. The number of rotatable bonds is 7. The zero-order valence-corrected chi connectivity index (χ0v) is 12.4. The molecule has 0 aromatic heterocycles. The van der Waals surface area contributed by atoms with Gasteiger partial charge in [-0.15, -0.1) is 0 Å². The van der Waals surface area contributed by atoms with Gasteiger partial charge in [0.1, 0.15) is 12.7 Å². The molecule has 1 fully saturated rings. The summed E-state index contributed by atoms with van der Waals surface area (Å²) >= 11 is 0. The summed E-state index contributed by atoms with van der Waals surface area (Å²) < 4.78 is 18.7. The van der Waals surface area contributed by atoms with E-state index in [4.69, 9.17) is 10.5 Å². The molecule has 0 aliphatic carbocycles. The van der Waals surface area contributed by atoms with Crippen LogP contribution in [0, 0.1) is 5.82 Å². The quantitative estimate of drug-likeness (QED) is 0.721. The number of ether oxygens (including phenoxy) is 1. The number of halogens is 1. The van der Waals surface area contributed by atoms with E-state index in [0.717, 1.165) is 26.2 Å². The summed E-state index contributed by atoms with van der Waals surface area (Å²) in [5.74, 6) is -0.616. The standard InChI is InChI=1S/C15H22FN3O3/c16-13-3-1-2-4-14(13)22-11-12(20)9-18-5-7-19(8-6-18)10-15(17)21/h1-4,12,20H,5-11H2,(H2,17,21). The Hall–Kier alpha value is -1.70. The first-order valence-corrected chi connectivity index (χ1v) is 7.33. The molecule has 1 aliphatic heterocycles. The van der Waals surface area contributed by atoms with Gasteiger partial charge in [0.05, 0.1) is 6.54 Å². The van der Waals surface area contributed by atoms with E-state index < -0.39 is 11.9 Å². The van der Waals surface area contributed by atoms with Crippen LogP contribution >= 0.6 is 0 Å². The number of para-hydroxylation sites is 1. The average molecular weight is 311 g/mol. The molecule has 1 atom stereocenters. The first-order valence-electron chi connectivity index (χ1n) is 7.33. The van der Waals surface area contributed by atoms with Gasteiger partial charge < -0.3 is 15.6 Å². The molecule has 22 heavy (non-hydrogen) atoms. The van der Waals surface area contributed by atoms with Crippen LogP contribution in [-0.2, 0) is 4.79 Å². The van der Waals surface area contributed by atoms with Crippen LogP contribution in [-0.4, -0.2) is 72.8 Å². The molecule has 2 rings (SSSR count). The van der Waals surface area contributed by atoms with Gasteiger partial charge in [-0.2, -0.15) is 0 Å². The highest BCUT2D eigenvalue weighted by Gasteiger charge is 2.20. The van der Waals surface area contributed by atoms with E-state index in [0.29, 0.717) is 6.54 Å². The van der Waals surface area contributed by atoms with Crippen molar-refractivity contribution in [2.24, 2.45) is 5.73 Å². The lowest BCUT2D eigenvalue weighted by Gasteiger charge is -2.34. The Kier molecular flexibility index (Phi) is 6.11. The molecule has 3 N–H and O–H groups in total. The molecule has 1 amide bonds. The van der Waals surface area contributed by atoms with Gasteiger partial charge in [-0.1, -0.05) is 12.1 Å². The molecule has 1 unspecified atom stereocenters. The number of piperazine rings is 1. The number of nitrogens with two attached hydrogens (primary N) is 1. The number of benzene rings is 1. The average Bonchev–Trinajstić information content (AvgIpc) is 2.48. The highest BCUT2D eigenvalue weighted by atomic mass is 19.1. The molecule has 1 aromatic carbocycles. The number of hydrogen-bond acceptors (Lipinski definition) is 5. The third kappa shape index (κ3) is 5.25. The second-order valence-corrected chi connectivity index (χ2v) is 5.44. The number of aliphatic hydroxyl groups is 1. The van der Waals surface area contributed by atoms with Crippen LogP contribution in [0.25, 0.3) is 0 Å². The van der Waals surface area contributed by atoms with Crippen LogP contribution in [0.1, 0.15) is 0 Å². The van der Waals surface area contributed by atoms with Crippen molar-refractivity contribution in [3.63, 3.8) is 0 Å². The molecule has 7 heteroatoms. The van der Waals surface area contributed by atoms with Crippen molar-refractivity contribution >= 4 is 5.91 Å². The molecule has 0 bridgehead atoms. The van der Waals surface area contributed by atoms with Crippen LogP contribution in [0.15, 0.2) is 24.3 Å². The van der Waals surface area contributed by atoms with Crippen molar-refractivity contribution in [3.8, 4) is 5.75 Å². The fourth-order valence-corrected chi connectivity index (χ4v) is 2.45. The monoisotopic (exact) mass is 311 g/mol. The van der Waals surface area contributed by atoms with Gasteiger partial charge in [0.15, 0.2) is 11.6 Å². The molecule has 6 nitrogen and oxygen atoms in total. The van der Waals surface area contributed by atoms with Crippen molar-refractivity contribution in [2.75, 3.05) is 45.9 Å². The van der Waals surface area contributed by atoms with Crippen LogP contribution in [0.4, 0.5) is 4.39 Å². The summed E-state index contributed by atoms with van der Waals surface area (Å²) in [6.07, 6.45) is -0.692. The van der Waals surface area contributed by atoms with E-state index in [9.17, 15) is 14.3 Å². The van der Waals surface area contributed by atoms with Gasteiger partial charge in [0.25, 0.3) is 0 Å². The van der Waals surface area contributed by atoms with Crippen LogP contribution in [0.5, 0.6) is 5.75 Å². The highest BCUT2D eigenvalue weighted by molar-refractivity contribution is 5.75. The van der Waals surface area contributed by atoms with Gasteiger partial charge in [-0.05, 0) is 12.1 Å². The predicted octanol–water partition coefficient (Wildman–Crippen LogP) is -0.332. The number of aliphatic hydroxyl groups excluding tert-OH is 1. The number of carbonyl (C=O) groups is 1. The lowest BCUT2D eigenvalue weighted by Crippen LogP contribution is -2.50. The molecule has 0 radical (unpaired) electrons. The van der Waals surface area contributed by atoms with Gasteiger partial charge >= 0.3 is 0 Å². The molecule has 1 aliphatic rings. The molecule has 1 heterocycles. The van der Waals surface area contributed by atoms with Crippen molar-refractivity contribution in [2.45, 2.75) is 6.10 Å². The Bertz CT molecular complexity index is 493. The Morgan fingerprint density at radius 2 is 1.91 bits per heavy atom. The summed E-state index contributed by atoms with van der Waals surface area (Å²) in [4.78, 5) is 14.9. The zero-order valence-electron chi connectivity index (χ0n) is 12.4. The maximum absolute atomic E-state index is 13.4. The van der Waals surface area contributed by atoms with Gasteiger partial charge in [-0.25, -0.2) is 4.39 Å². The number of hydrogen-bond donors (Lipinski definition) is 2. The Labute approximate surface area is 129 Å². The lowest BCUT2D eigenvalue weighted by molar-refractivity contribution is -0.119. The maximum atomic E-state index is 13.4. The van der Waals surface area contributed by atoms with E-state index in [1.807, 2.05) is 4.90 Å². The van der Waals surface area contributed by atoms with Crippen LogP contribution in [0.2, 0.25) is 0 Å². The minimum absolute atomic E-state index is 0.0441. The normalized spacial score (nSPS) is 18.1. The second-order valence-electron chi connectivity index (χ2n) is 5.44. The Morgan fingerprint density at radius 1 is 1.27 bits per heavy atom. The minimum Gasteiger partial charge on any atom is -0.488 e. The minimum atomic E-state index is -0.692. The highest BCUT2D eigenvalue weighted by Crippen LogP contribution is 2.15. The third-order valence-electron chi connectivity index (χ3n) is 3.58. The summed E-state index contributed by atoms with van der Waals surface area (Å²) in [7, 11) is 0. The smallest absolute Gasteiger partial charge is 0.231 e. The second kappa shape index (κ2) is 8.07. The van der Waals surface area contributed by atoms with Crippen molar-refractivity contribution < 1.29 is 19.0 Å². The number of amides is 1. The molecule has 1 saturated heterocycles. The zero-order chi connectivity index (χ0) is 15.9. The Morgan fingerprint density at radius 3 is 2.55 bits per heavy atom. The number of β-amino-alcohol motifs (C(OH)–C–C–N with tert-alkyl or cyclic N) is 1. The fraction of sp³-hybridized carbons (Fsp3) is 0.533. The van der Waals surface area contributed by atoms with Crippen LogP contribution < -0.4 is 10.5 Å². The molecule has 122 valence electrons. The molecule has 1 aromatic rings. The largest absolute Gasteiger partial charge is 0.488 e. The molecule has 0 saturated carbocycles. The topological polar surface area (TPSA) is 79.0 Å². The van der Waals surface area contributed by atoms with E-state index >= 15 is 0 Å². The summed E-state index contributed by atoms with van der Waals surface area (Å²) in [6.45, 7) is 3.76. The van der Waals surface area contributed by atoms with E-state index in [-0.39, 0.29) is 24.8 Å². The molecule has 0 spiro atoms. The summed E-state index contributed by atoms with van der Waals surface area (Å²) in [6, 6.07) is 6.12. The number of carbonyl (C=O) groups excluding carboxylic acids is 1. The summed E-state index contributed by atoms with van der Waals surface area (Å²) in [5, 5.41) is 9.99. The Balaban J connectivity index is 1.69. The maximum Gasteiger partial charge on any atom is 0.231 e. The third-order valence-corrected chi connectivity index (χ3v) is 3.58. The lowest BCUT2D eigenvalue weighted by atomic mass is 10.2. The van der Waals surface area contributed by atoms with E-state index in [1.54, 1.807) is 12.1 Å². The first-order chi connectivity index (χ1) is 10.5. The molecular formula is C15H22FN3O3. The van der Waals surface area contributed by atoms with Crippen molar-refractivity contribution in [1.29, 1.82) is 0 Å². The van der Waals surface area contributed by atoms with Crippen molar-refractivity contribution in [3.05, 3.63) is 30.1 Å². The van der Waals surface area contributed by atoms with Crippen molar-refractivity contribution in [1.82, 2.24) is 9.80 Å². The number of nitrogens with zero attached hydrogens (tertiary/aromatic N) is 2. The SMILES string of the molecule is NC(=O)CN1CCN(CC(O)COc2ccccc2F)CC1. The first kappa shape index (κ1) is 16.7. The fourth-order valence-electron chi connectivity index (χ4n) is 2.45. The van der Waals surface area contributed by atoms with E-state index in [1.165, 1.54) is 12.1 Å². The van der Waals surface area contributed by atoms with Gasteiger partial charge in [0, 0.05) is 32.7 Å². The van der Waals surface area contributed by atoms with Crippen LogP contribution in [0.3, 0.4) is 0 Å². The predicted molar refractivity (Wildman–Crippen MR) is 80.0 cm³/mol. The van der Waals surface area contributed by atoms with E-state index in [2.05, 4.69) is 4.90 Å². The van der Waals surface area contributed by atoms with Gasteiger partial charge in [-0.3, -0.25) is 14.6 Å². The number of primary amides is 1. The summed E-state index contributed by atoms with van der Waals surface area (Å²) in [5.41, 5.74) is 5.16. The van der Waals surface area contributed by atoms with Gasteiger partial charge in [0.2, 0.25) is 5.91 Å².